The second-order valence-corrected chi connectivity index (χ2v) is 6.63. The van der Waals surface area contributed by atoms with E-state index in [9.17, 15) is 9.90 Å². The Hall–Kier alpha value is -1.85. The van der Waals surface area contributed by atoms with Crippen LogP contribution in [0.25, 0.3) is 10.9 Å². The van der Waals surface area contributed by atoms with E-state index in [1.807, 2.05) is 6.07 Å². The SMILES string of the molecule is Cc1c(CCN2CCCC2)c2cc(C(=O)O)ccc2n1CCCO. The summed E-state index contributed by atoms with van der Waals surface area (Å²) in [6.07, 6.45) is 4.20. The van der Waals surface area contributed by atoms with Gasteiger partial charge in [-0.1, -0.05) is 0 Å². The summed E-state index contributed by atoms with van der Waals surface area (Å²) in [5.74, 6) is -0.886. The third kappa shape index (κ3) is 3.32. The van der Waals surface area contributed by atoms with Gasteiger partial charge in [0.15, 0.2) is 0 Å². The van der Waals surface area contributed by atoms with Crippen LogP contribution in [0.3, 0.4) is 0 Å². The highest BCUT2D eigenvalue weighted by molar-refractivity contribution is 5.95. The third-order valence-electron chi connectivity index (χ3n) is 5.12. The third-order valence-corrected chi connectivity index (χ3v) is 5.12. The van der Waals surface area contributed by atoms with Crippen LogP contribution in [0.1, 0.15) is 40.9 Å². The Morgan fingerprint density at radius 3 is 2.62 bits per heavy atom. The highest BCUT2D eigenvalue weighted by atomic mass is 16.4. The molecule has 1 aromatic heterocycles. The summed E-state index contributed by atoms with van der Waals surface area (Å²) >= 11 is 0. The number of rotatable bonds is 7. The second kappa shape index (κ2) is 7.36. The molecule has 0 amide bonds. The van der Waals surface area contributed by atoms with E-state index in [1.54, 1.807) is 12.1 Å². The predicted molar refractivity (Wildman–Crippen MR) is 94.7 cm³/mol. The Bertz CT molecular complexity index is 730. The molecular weight excluding hydrogens is 304 g/mol. The van der Waals surface area contributed by atoms with E-state index < -0.39 is 5.97 Å². The number of aromatic carboxylic acids is 1. The van der Waals surface area contributed by atoms with Crippen LogP contribution >= 0.6 is 0 Å². The Kier molecular flexibility index (Phi) is 5.21. The molecule has 1 aliphatic rings. The fourth-order valence-electron chi connectivity index (χ4n) is 3.79. The van der Waals surface area contributed by atoms with Crippen molar-refractivity contribution in [1.82, 2.24) is 9.47 Å². The maximum atomic E-state index is 11.3. The van der Waals surface area contributed by atoms with Gasteiger partial charge in [0.1, 0.15) is 0 Å². The van der Waals surface area contributed by atoms with Crippen molar-refractivity contribution in [3.63, 3.8) is 0 Å². The van der Waals surface area contributed by atoms with Crippen LogP contribution in [-0.2, 0) is 13.0 Å². The van der Waals surface area contributed by atoms with E-state index in [-0.39, 0.29) is 6.61 Å². The molecule has 3 rings (SSSR count). The van der Waals surface area contributed by atoms with Crippen molar-refractivity contribution in [2.24, 2.45) is 0 Å². The number of fused-ring (bicyclic) bond motifs is 1. The molecule has 0 aliphatic carbocycles. The van der Waals surface area contributed by atoms with E-state index in [0.717, 1.165) is 30.4 Å². The summed E-state index contributed by atoms with van der Waals surface area (Å²) in [6.45, 7) is 6.39. The molecule has 24 heavy (non-hydrogen) atoms. The highest BCUT2D eigenvalue weighted by Crippen LogP contribution is 2.28. The monoisotopic (exact) mass is 330 g/mol. The number of carboxylic acid groups (broad SMARTS) is 1. The van der Waals surface area contributed by atoms with Crippen LogP contribution < -0.4 is 0 Å². The first-order chi connectivity index (χ1) is 11.6. The minimum Gasteiger partial charge on any atom is -0.478 e. The first-order valence-electron chi connectivity index (χ1n) is 8.80. The van der Waals surface area contributed by atoms with E-state index in [4.69, 9.17) is 5.11 Å². The molecule has 2 N–H and O–H groups in total. The highest BCUT2D eigenvalue weighted by Gasteiger charge is 2.18. The Balaban J connectivity index is 1.97. The topological polar surface area (TPSA) is 65.7 Å². The van der Waals surface area contributed by atoms with Gasteiger partial charge in [0.2, 0.25) is 0 Å². The molecule has 1 fully saturated rings. The molecule has 0 spiro atoms. The Morgan fingerprint density at radius 2 is 1.96 bits per heavy atom. The predicted octanol–water partition coefficient (Wildman–Crippen LogP) is 2.67. The van der Waals surface area contributed by atoms with Gasteiger partial charge in [-0.05, 0) is 69.5 Å². The quantitative estimate of drug-likeness (QED) is 0.819. The molecule has 0 saturated carbocycles. The molecule has 5 heteroatoms. The molecule has 2 heterocycles. The molecule has 0 bridgehead atoms. The molecule has 1 aromatic carbocycles. The average molecular weight is 330 g/mol. The number of aromatic nitrogens is 1. The molecule has 1 aliphatic heterocycles. The van der Waals surface area contributed by atoms with Gasteiger partial charge < -0.3 is 19.7 Å². The van der Waals surface area contributed by atoms with Crippen LogP contribution in [0.5, 0.6) is 0 Å². The van der Waals surface area contributed by atoms with E-state index in [1.165, 1.54) is 37.2 Å². The fraction of sp³-hybridized carbons (Fsp3) is 0.526. The molecule has 2 aromatic rings. The van der Waals surface area contributed by atoms with Gasteiger partial charge in [0, 0.05) is 36.3 Å². The van der Waals surface area contributed by atoms with Crippen LogP contribution in [-0.4, -0.2) is 51.9 Å². The maximum absolute atomic E-state index is 11.3. The maximum Gasteiger partial charge on any atom is 0.335 e. The van der Waals surface area contributed by atoms with Crippen molar-refractivity contribution in [3.05, 3.63) is 35.0 Å². The van der Waals surface area contributed by atoms with Crippen molar-refractivity contribution in [2.75, 3.05) is 26.2 Å². The number of aliphatic hydroxyl groups excluding tert-OH is 1. The lowest BCUT2D eigenvalue weighted by Gasteiger charge is -2.14. The summed E-state index contributed by atoms with van der Waals surface area (Å²) in [6, 6.07) is 5.38. The summed E-state index contributed by atoms with van der Waals surface area (Å²) in [4.78, 5) is 13.8. The van der Waals surface area contributed by atoms with Crippen molar-refractivity contribution in [1.29, 1.82) is 0 Å². The minimum absolute atomic E-state index is 0.162. The summed E-state index contributed by atoms with van der Waals surface area (Å²) in [5.41, 5.74) is 3.85. The lowest BCUT2D eigenvalue weighted by Crippen LogP contribution is -2.22. The van der Waals surface area contributed by atoms with Gasteiger partial charge in [0.05, 0.1) is 5.56 Å². The smallest absolute Gasteiger partial charge is 0.335 e. The van der Waals surface area contributed by atoms with Gasteiger partial charge in [-0.2, -0.15) is 0 Å². The molecular formula is C19H26N2O3. The second-order valence-electron chi connectivity index (χ2n) is 6.63. The van der Waals surface area contributed by atoms with Gasteiger partial charge in [-0.15, -0.1) is 0 Å². The number of aliphatic hydroxyl groups is 1. The van der Waals surface area contributed by atoms with Crippen LogP contribution in [0.2, 0.25) is 0 Å². The Labute approximate surface area is 142 Å². The summed E-state index contributed by atoms with van der Waals surface area (Å²) in [7, 11) is 0. The summed E-state index contributed by atoms with van der Waals surface area (Å²) < 4.78 is 2.22. The van der Waals surface area contributed by atoms with Gasteiger partial charge in [-0.25, -0.2) is 4.79 Å². The van der Waals surface area contributed by atoms with E-state index in [0.29, 0.717) is 12.0 Å². The van der Waals surface area contributed by atoms with Gasteiger partial charge >= 0.3 is 5.97 Å². The number of carboxylic acids is 1. The number of aryl methyl sites for hydroxylation is 1. The normalized spacial score (nSPS) is 15.4. The van der Waals surface area contributed by atoms with Crippen LogP contribution in [0, 0.1) is 6.92 Å². The number of benzene rings is 1. The molecule has 1 saturated heterocycles. The first kappa shape index (κ1) is 17.0. The zero-order valence-corrected chi connectivity index (χ0v) is 14.3. The number of hydrogen-bond acceptors (Lipinski definition) is 3. The average Bonchev–Trinajstić information content (AvgIpc) is 3.17. The Morgan fingerprint density at radius 1 is 1.21 bits per heavy atom. The summed E-state index contributed by atoms with van der Waals surface area (Å²) in [5, 5.41) is 19.5. The molecule has 0 atom stereocenters. The van der Waals surface area contributed by atoms with Gasteiger partial charge in [0.25, 0.3) is 0 Å². The standard InChI is InChI=1S/C19H26N2O3/c1-14-16(7-11-20-8-2-3-9-20)17-13-15(19(23)24)5-6-18(17)21(14)10-4-12-22/h5-6,13,22H,2-4,7-12H2,1H3,(H,23,24). The number of carbonyl (C=O) groups is 1. The lowest BCUT2D eigenvalue weighted by atomic mass is 10.1. The number of nitrogens with zero attached hydrogens (tertiary/aromatic N) is 2. The van der Waals surface area contributed by atoms with Crippen molar-refractivity contribution in [2.45, 2.75) is 39.2 Å². The van der Waals surface area contributed by atoms with E-state index in [2.05, 4.69) is 16.4 Å². The minimum atomic E-state index is -0.886. The first-order valence-corrected chi connectivity index (χ1v) is 8.80. The molecule has 130 valence electrons. The molecule has 0 unspecified atom stereocenters. The van der Waals surface area contributed by atoms with Crippen LogP contribution in [0.15, 0.2) is 18.2 Å². The zero-order valence-electron chi connectivity index (χ0n) is 14.3. The van der Waals surface area contributed by atoms with Crippen molar-refractivity contribution < 1.29 is 15.0 Å². The van der Waals surface area contributed by atoms with Crippen molar-refractivity contribution in [3.8, 4) is 0 Å². The lowest BCUT2D eigenvalue weighted by molar-refractivity contribution is 0.0697. The number of hydrogen-bond donors (Lipinski definition) is 2. The fourth-order valence-corrected chi connectivity index (χ4v) is 3.79. The largest absolute Gasteiger partial charge is 0.478 e. The van der Waals surface area contributed by atoms with E-state index >= 15 is 0 Å². The molecule has 0 radical (unpaired) electrons. The zero-order chi connectivity index (χ0) is 17.1. The van der Waals surface area contributed by atoms with Crippen LogP contribution in [0.4, 0.5) is 0 Å². The number of likely N-dealkylation sites (tertiary alicyclic amines) is 1. The van der Waals surface area contributed by atoms with Gasteiger partial charge in [-0.3, -0.25) is 0 Å². The van der Waals surface area contributed by atoms with Crippen molar-refractivity contribution >= 4 is 16.9 Å². The molecule has 5 nitrogen and oxygen atoms in total.